The van der Waals surface area contributed by atoms with Crippen molar-refractivity contribution < 1.29 is 19.1 Å². The number of carbonyl (C=O) groups is 2. The van der Waals surface area contributed by atoms with Gasteiger partial charge in [-0.05, 0) is 80.9 Å². The molecule has 3 rings (SSSR count). The van der Waals surface area contributed by atoms with E-state index in [9.17, 15) is 19.1 Å². The van der Waals surface area contributed by atoms with Crippen LogP contribution in [0.25, 0.3) is 5.76 Å². The molecule has 5 nitrogen and oxygen atoms in total. The largest absolute Gasteiger partial charge is 0.507 e. The second-order valence-corrected chi connectivity index (χ2v) is 9.39. The third-order valence-corrected chi connectivity index (χ3v) is 6.62. The van der Waals surface area contributed by atoms with Crippen molar-refractivity contribution in [2.24, 2.45) is 0 Å². The van der Waals surface area contributed by atoms with Crippen LogP contribution in [0.2, 0.25) is 5.02 Å². The second-order valence-electron chi connectivity index (χ2n) is 8.95. The number of aliphatic hydroxyl groups is 1. The molecule has 2 aromatic rings. The summed E-state index contributed by atoms with van der Waals surface area (Å²) in [6.45, 7) is 7.53. The van der Waals surface area contributed by atoms with E-state index in [1.165, 1.54) is 17.0 Å². The molecular formula is C28H34ClFN2O3. The third-order valence-electron chi connectivity index (χ3n) is 6.37. The average Bonchev–Trinajstić information content (AvgIpc) is 3.10. The number of aliphatic hydroxyl groups excluding tert-OH is 1. The van der Waals surface area contributed by atoms with E-state index in [2.05, 4.69) is 18.7 Å². The Balaban J connectivity index is 1.90. The van der Waals surface area contributed by atoms with Crippen LogP contribution in [0.5, 0.6) is 0 Å². The molecule has 1 N–H and O–H groups in total. The fraction of sp³-hybridized carbons (Fsp3) is 0.429. The molecule has 0 saturated carbocycles. The quantitative estimate of drug-likeness (QED) is 0.214. The molecule has 0 bridgehead atoms. The fourth-order valence-electron chi connectivity index (χ4n) is 4.43. The van der Waals surface area contributed by atoms with Gasteiger partial charge in [0.2, 0.25) is 0 Å². The molecule has 0 spiro atoms. The number of benzene rings is 2. The van der Waals surface area contributed by atoms with Crippen molar-refractivity contribution in [2.45, 2.75) is 52.0 Å². The first-order valence-electron chi connectivity index (χ1n) is 12.4. The lowest BCUT2D eigenvalue weighted by Gasteiger charge is -2.27. The van der Waals surface area contributed by atoms with Crippen LogP contribution in [0.4, 0.5) is 4.39 Å². The Labute approximate surface area is 212 Å². The van der Waals surface area contributed by atoms with Gasteiger partial charge in [0.15, 0.2) is 0 Å². The van der Waals surface area contributed by atoms with Gasteiger partial charge < -0.3 is 14.9 Å². The van der Waals surface area contributed by atoms with Gasteiger partial charge in [-0.25, -0.2) is 4.39 Å². The van der Waals surface area contributed by atoms with Gasteiger partial charge in [-0.1, -0.05) is 50.4 Å². The molecule has 1 aliphatic heterocycles. The Morgan fingerprint density at radius 1 is 0.943 bits per heavy atom. The summed E-state index contributed by atoms with van der Waals surface area (Å²) in [5.41, 5.74) is 0.984. The van der Waals surface area contributed by atoms with E-state index in [4.69, 9.17) is 11.6 Å². The molecule has 1 heterocycles. The predicted molar refractivity (Wildman–Crippen MR) is 138 cm³/mol. The van der Waals surface area contributed by atoms with E-state index in [0.717, 1.165) is 45.3 Å². The number of carbonyl (C=O) groups excluding carboxylic acids is 2. The molecule has 1 aliphatic rings. The monoisotopic (exact) mass is 500 g/mol. The van der Waals surface area contributed by atoms with Gasteiger partial charge >= 0.3 is 0 Å². The number of likely N-dealkylation sites (tertiary alicyclic amines) is 1. The molecule has 1 saturated heterocycles. The first-order chi connectivity index (χ1) is 16.9. The maximum atomic E-state index is 13.7. The molecule has 0 radical (unpaired) electrons. The van der Waals surface area contributed by atoms with Gasteiger partial charge in [-0.3, -0.25) is 9.59 Å². The topological polar surface area (TPSA) is 60.9 Å². The van der Waals surface area contributed by atoms with Crippen LogP contribution in [0, 0.1) is 5.82 Å². The van der Waals surface area contributed by atoms with Crippen molar-refractivity contribution in [3.63, 3.8) is 0 Å². The average molecular weight is 501 g/mol. The molecule has 1 amide bonds. The van der Waals surface area contributed by atoms with Gasteiger partial charge in [0, 0.05) is 17.1 Å². The number of amides is 1. The summed E-state index contributed by atoms with van der Waals surface area (Å²) < 4.78 is 13.7. The van der Waals surface area contributed by atoms with Crippen molar-refractivity contribution in [3.8, 4) is 0 Å². The summed E-state index contributed by atoms with van der Waals surface area (Å²) in [5, 5.41) is 11.6. The number of ketones is 1. The molecule has 0 aliphatic carbocycles. The molecule has 2 aromatic carbocycles. The number of unbranched alkanes of at least 4 members (excludes halogenated alkanes) is 2. The maximum absolute atomic E-state index is 13.7. The Bertz CT molecular complexity index is 1030. The summed E-state index contributed by atoms with van der Waals surface area (Å²) >= 11 is 5.97. The summed E-state index contributed by atoms with van der Waals surface area (Å²) in [6.07, 6.45) is 5.16. The number of halogens is 2. The van der Waals surface area contributed by atoms with Crippen molar-refractivity contribution in [1.82, 2.24) is 9.80 Å². The maximum Gasteiger partial charge on any atom is 0.295 e. The second kappa shape index (κ2) is 12.8. The fourth-order valence-corrected chi connectivity index (χ4v) is 4.56. The van der Waals surface area contributed by atoms with Gasteiger partial charge in [0.1, 0.15) is 11.6 Å². The first-order valence-corrected chi connectivity index (χ1v) is 12.8. The van der Waals surface area contributed by atoms with Crippen LogP contribution in [-0.2, 0) is 9.59 Å². The number of hydrogen-bond acceptors (Lipinski definition) is 4. The normalized spacial score (nSPS) is 17.5. The number of hydrogen-bond donors (Lipinski definition) is 1. The molecule has 7 heteroatoms. The zero-order valence-electron chi connectivity index (χ0n) is 20.5. The van der Waals surface area contributed by atoms with Gasteiger partial charge in [-0.15, -0.1) is 0 Å². The van der Waals surface area contributed by atoms with E-state index in [1.54, 1.807) is 36.4 Å². The zero-order chi connectivity index (χ0) is 25.4. The zero-order valence-corrected chi connectivity index (χ0v) is 21.2. The van der Waals surface area contributed by atoms with Crippen LogP contribution in [-0.4, -0.2) is 52.8 Å². The molecule has 35 heavy (non-hydrogen) atoms. The standard InChI is InChI=1S/C28H34ClFN2O3/c1-3-5-16-31(17-6-4-2)18-7-19-32-25(20-10-14-23(30)15-11-20)24(27(34)28(32)35)26(33)21-8-12-22(29)13-9-21/h8-15,25,33H,3-7,16-19H2,1-2H3/t25-/m0/s1. The smallest absolute Gasteiger partial charge is 0.295 e. The molecule has 0 unspecified atom stereocenters. The van der Waals surface area contributed by atoms with Gasteiger partial charge in [-0.2, -0.15) is 0 Å². The van der Waals surface area contributed by atoms with E-state index < -0.39 is 23.5 Å². The highest BCUT2D eigenvalue weighted by atomic mass is 35.5. The number of nitrogens with zero attached hydrogens (tertiary/aromatic N) is 2. The van der Waals surface area contributed by atoms with Gasteiger partial charge in [0.05, 0.1) is 11.6 Å². The molecule has 1 fully saturated rings. The Morgan fingerprint density at radius 2 is 1.51 bits per heavy atom. The van der Waals surface area contributed by atoms with Crippen LogP contribution < -0.4 is 0 Å². The lowest BCUT2D eigenvalue weighted by atomic mass is 9.95. The lowest BCUT2D eigenvalue weighted by Crippen LogP contribution is -2.34. The van der Waals surface area contributed by atoms with E-state index in [0.29, 0.717) is 29.1 Å². The van der Waals surface area contributed by atoms with E-state index in [-0.39, 0.29) is 11.3 Å². The summed E-state index contributed by atoms with van der Waals surface area (Å²) in [5.74, 6) is -2.06. The first kappa shape index (κ1) is 26.9. The van der Waals surface area contributed by atoms with E-state index >= 15 is 0 Å². The predicted octanol–water partition coefficient (Wildman–Crippen LogP) is 6.19. The van der Waals surface area contributed by atoms with Crippen molar-refractivity contribution >= 4 is 29.1 Å². The Morgan fingerprint density at radius 3 is 2.09 bits per heavy atom. The van der Waals surface area contributed by atoms with Crippen LogP contribution >= 0.6 is 11.6 Å². The summed E-state index contributed by atoms with van der Waals surface area (Å²) in [4.78, 5) is 30.1. The minimum atomic E-state index is -0.786. The Kier molecular flexibility index (Phi) is 9.87. The van der Waals surface area contributed by atoms with Crippen LogP contribution in [0.1, 0.15) is 63.1 Å². The number of Topliss-reactive ketones (excluding diaryl/α,β-unsaturated/α-hetero) is 1. The summed E-state index contributed by atoms with van der Waals surface area (Å²) in [6, 6.07) is 11.4. The number of rotatable bonds is 12. The lowest BCUT2D eigenvalue weighted by molar-refractivity contribution is -0.140. The third kappa shape index (κ3) is 6.71. The van der Waals surface area contributed by atoms with E-state index in [1.807, 2.05) is 0 Å². The van der Waals surface area contributed by atoms with Crippen molar-refractivity contribution in [1.29, 1.82) is 0 Å². The SMILES string of the molecule is CCCCN(CCCC)CCCN1C(=O)C(=O)C(=C(O)c2ccc(Cl)cc2)[C@@H]1c1ccc(F)cc1. The van der Waals surface area contributed by atoms with Crippen molar-refractivity contribution in [2.75, 3.05) is 26.2 Å². The molecule has 1 atom stereocenters. The van der Waals surface area contributed by atoms with Crippen molar-refractivity contribution in [3.05, 3.63) is 76.1 Å². The Hall–Kier alpha value is -2.70. The highest BCUT2D eigenvalue weighted by molar-refractivity contribution is 6.46. The van der Waals surface area contributed by atoms with Crippen LogP contribution in [0.15, 0.2) is 54.1 Å². The minimum Gasteiger partial charge on any atom is -0.507 e. The molecule has 0 aromatic heterocycles. The highest BCUT2D eigenvalue weighted by Crippen LogP contribution is 2.39. The van der Waals surface area contributed by atoms with Crippen LogP contribution in [0.3, 0.4) is 0 Å². The molecular weight excluding hydrogens is 467 g/mol. The summed E-state index contributed by atoms with van der Waals surface area (Å²) in [7, 11) is 0. The minimum absolute atomic E-state index is 0.0118. The van der Waals surface area contributed by atoms with Gasteiger partial charge in [0.25, 0.3) is 11.7 Å². The highest BCUT2D eigenvalue weighted by Gasteiger charge is 2.45. The molecule has 188 valence electrons.